The van der Waals surface area contributed by atoms with Crippen LogP contribution in [0.3, 0.4) is 0 Å². The molecule has 1 heterocycles. The summed E-state index contributed by atoms with van der Waals surface area (Å²) in [7, 11) is 1.39. The Morgan fingerprint density at radius 1 is 1.50 bits per heavy atom. The molecule has 0 aliphatic rings. The number of halogens is 1. The van der Waals surface area contributed by atoms with Gasteiger partial charge in [0.1, 0.15) is 17.1 Å². The van der Waals surface area contributed by atoms with Crippen LogP contribution in [0.15, 0.2) is 30.5 Å². The molecular weight excluding hydrogens is 237 g/mol. The van der Waals surface area contributed by atoms with Gasteiger partial charge >= 0.3 is 0 Å². The van der Waals surface area contributed by atoms with E-state index in [2.05, 4.69) is 15.5 Å². The second-order valence-electron chi connectivity index (χ2n) is 3.58. The van der Waals surface area contributed by atoms with Crippen molar-refractivity contribution in [2.45, 2.75) is 6.54 Å². The van der Waals surface area contributed by atoms with E-state index in [0.717, 1.165) is 5.69 Å². The van der Waals surface area contributed by atoms with Gasteiger partial charge in [0.15, 0.2) is 0 Å². The maximum Gasteiger partial charge on any atom is 0.258 e. The van der Waals surface area contributed by atoms with Crippen LogP contribution in [0.5, 0.6) is 5.75 Å². The molecular formula is C12H12FN3O2. The molecule has 5 nitrogen and oxygen atoms in total. The van der Waals surface area contributed by atoms with Crippen molar-refractivity contribution in [1.82, 2.24) is 15.5 Å². The first-order valence-corrected chi connectivity index (χ1v) is 5.31. The zero-order valence-electron chi connectivity index (χ0n) is 9.74. The number of aromatic amines is 1. The van der Waals surface area contributed by atoms with E-state index in [-0.39, 0.29) is 17.9 Å². The Morgan fingerprint density at radius 3 is 3.00 bits per heavy atom. The zero-order chi connectivity index (χ0) is 13.0. The molecule has 0 aliphatic carbocycles. The van der Waals surface area contributed by atoms with Gasteiger partial charge in [-0.15, -0.1) is 0 Å². The van der Waals surface area contributed by atoms with Gasteiger partial charge in [-0.05, 0) is 18.2 Å². The van der Waals surface area contributed by atoms with E-state index in [4.69, 9.17) is 4.74 Å². The van der Waals surface area contributed by atoms with Gasteiger partial charge < -0.3 is 10.1 Å². The number of methoxy groups -OCH3 is 1. The third kappa shape index (κ3) is 2.48. The lowest BCUT2D eigenvalue weighted by atomic mass is 10.1. The Bertz CT molecular complexity index is 540. The molecule has 0 radical (unpaired) electrons. The SMILES string of the molecule is COc1cccc(F)c1C(=O)NCc1ccn[nH]1. The van der Waals surface area contributed by atoms with E-state index in [0.29, 0.717) is 0 Å². The van der Waals surface area contributed by atoms with Crippen LogP contribution in [0.25, 0.3) is 0 Å². The van der Waals surface area contributed by atoms with Crippen molar-refractivity contribution in [1.29, 1.82) is 0 Å². The van der Waals surface area contributed by atoms with E-state index < -0.39 is 11.7 Å². The number of ether oxygens (including phenoxy) is 1. The highest BCUT2D eigenvalue weighted by Crippen LogP contribution is 2.20. The first-order valence-electron chi connectivity index (χ1n) is 5.31. The Labute approximate surface area is 103 Å². The van der Waals surface area contributed by atoms with Gasteiger partial charge in [-0.1, -0.05) is 6.07 Å². The van der Waals surface area contributed by atoms with E-state index >= 15 is 0 Å². The number of amides is 1. The summed E-state index contributed by atoms with van der Waals surface area (Å²) >= 11 is 0. The van der Waals surface area contributed by atoms with Crippen LogP contribution < -0.4 is 10.1 Å². The Balaban J connectivity index is 2.13. The fourth-order valence-corrected chi connectivity index (χ4v) is 1.54. The van der Waals surface area contributed by atoms with Gasteiger partial charge in [0, 0.05) is 6.20 Å². The fourth-order valence-electron chi connectivity index (χ4n) is 1.54. The van der Waals surface area contributed by atoms with Crippen molar-refractivity contribution >= 4 is 5.91 Å². The van der Waals surface area contributed by atoms with Crippen LogP contribution in [-0.4, -0.2) is 23.2 Å². The lowest BCUT2D eigenvalue weighted by Crippen LogP contribution is -2.24. The van der Waals surface area contributed by atoms with Crippen LogP contribution in [0.1, 0.15) is 16.1 Å². The Morgan fingerprint density at radius 2 is 2.33 bits per heavy atom. The van der Waals surface area contributed by atoms with Crippen LogP contribution in [0, 0.1) is 5.82 Å². The highest BCUT2D eigenvalue weighted by molar-refractivity contribution is 5.97. The molecule has 0 saturated heterocycles. The van der Waals surface area contributed by atoms with Gasteiger partial charge in [-0.2, -0.15) is 5.10 Å². The molecule has 0 bridgehead atoms. The molecule has 6 heteroatoms. The molecule has 1 amide bonds. The molecule has 1 aromatic carbocycles. The zero-order valence-corrected chi connectivity index (χ0v) is 9.74. The second kappa shape index (κ2) is 5.31. The molecule has 2 N–H and O–H groups in total. The van der Waals surface area contributed by atoms with Crippen LogP contribution >= 0.6 is 0 Å². The Kier molecular flexibility index (Phi) is 3.57. The third-order valence-corrected chi connectivity index (χ3v) is 2.42. The number of hydrogen-bond donors (Lipinski definition) is 2. The van der Waals surface area contributed by atoms with Crippen molar-refractivity contribution in [3.8, 4) is 5.75 Å². The predicted molar refractivity (Wildman–Crippen MR) is 62.7 cm³/mol. The van der Waals surface area contributed by atoms with Crippen molar-refractivity contribution in [3.05, 3.63) is 47.5 Å². The molecule has 0 saturated carbocycles. The van der Waals surface area contributed by atoms with E-state index in [9.17, 15) is 9.18 Å². The fraction of sp³-hybridized carbons (Fsp3) is 0.167. The normalized spacial score (nSPS) is 10.1. The third-order valence-electron chi connectivity index (χ3n) is 2.42. The van der Waals surface area contributed by atoms with Crippen LogP contribution in [-0.2, 0) is 6.54 Å². The number of nitrogens with zero attached hydrogens (tertiary/aromatic N) is 1. The number of nitrogens with one attached hydrogen (secondary N) is 2. The average Bonchev–Trinajstić information content (AvgIpc) is 2.88. The van der Waals surface area contributed by atoms with Gasteiger partial charge in [-0.25, -0.2) is 4.39 Å². The summed E-state index contributed by atoms with van der Waals surface area (Å²) in [5.41, 5.74) is 0.637. The molecule has 2 rings (SSSR count). The minimum atomic E-state index is -0.614. The number of hydrogen-bond acceptors (Lipinski definition) is 3. The minimum Gasteiger partial charge on any atom is -0.496 e. The highest BCUT2D eigenvalue weighted by atomic mass is 19.1. The van der Waals surface area contributed by atoms with Gasteiger partial charge in [0.2, 0.25) is 0 Å². The van der Waals surface area contributed by atoms with Crippen LogP contribution in [0.4, 0.5) is 4.39 Å². The molecule has 0 fully saturated rings. The smallest absolute Gasteiger partial charge is 0.258 e. The quantitative estimate of drug-likeness (QED) is 0.862. The highest BCUT2D eigenvalue weighted by Gasteiger charge is 2.17. The molecule has 0 unspecified atom stereocenters. The summed E-state index contributed by atoms with van der Waals surface area (Å²) in [6.45, 7) is 0.246. The second-order valence-corrected chi connectivity index (χ2v) is 3.58. The lowest BCUT2D eigenvalue weighted by molar-refractivity contribution is 0.0943. The van der Waals surface area contributed by atoms with Crippen molar-refractivity contribution in [3.63, 3.8) is 0 Å². The topological polar surface area (TPSA) is 67.0 Å². The molecule has 0 spiro atoms. The number of H-pyrrole nitrogens is 1. The molecule has 94 valence electrons. The molecule has 18 heavy (non-hydrogen) atoms. The maximum atomic E-state index is 13.6. The molecule has 0 aliphatic heterocycles. The summed E-state index contributed by atoms with van der Waals surface area (Å²) in [4.78, 5) is 11.9. The lowest BCUT2D eigenvalue weighted by Gasteiger charge is -2.09. The standard InChI is InChI=1S/C12H12FN3O2/c1-18-10-4-2-3-9(13)11(10)12(17)14-7-8-5-6-15-16-8/h2-6H,7H2,1H3,(H,14,17)(H,15,16). The maximum absolute atomic E-state index is 13.6. The van der Waals surface area contributed by atoms with E-state index in [1.165, 1.54) is 25.3 Å². The minimum absolute atomic E-state index is 0.0977. The van der Waals surface area contributed by atoms with Crippen LogP contribution in [0.2, 0.25) is 0 Å². The van der Waals surface area contributed by atoms with Gasteiger partial charge in [-0.3, -0.25) is 9.89 Å². The van der Waals surface area contributed by atoms with E-state index in [1.54, 1.807) is 12.3 Å². The average molecular weight is 249 g/mol. The summed E-state index contributed by atoms with van der Waals surface area (Å²) in [6, 6.07) is 5.96. The Hall–Kier alpha value is -2.37. The van der Waals surface area contributed by atoms with Gasteiger partial charge in [0.25, 0.3) is 5.91 Å². The summed E-state index contributed by atoms with van der Waals surface area (Å²) in [6.07, 6.45) is 1.57. The first-order chi connectivity index (χ1) is 8.72. The summed E-state index contributed by atoms with van der Waals surface area (Å²) in [5, 5.41) is 9.03. The summed E-state index contributed by atoms with van der Waals surface area (Å²) in [5.74, 6) is -0.937. The van der Waals surface area contributed by atoms with Crippen molar-refractivity contribution < 1.29 is 13.9 Å². The molecule has 2 aromatic rings. The van der Waals surface area contributed by atoms with Crippen molar-refractivity contribution in [2.24, 2.45) is 0 Å². The summed E-state index contributed by atoms with van der Waals surface area (Å²) < 4.78 is 18.6. The number of carbonyl (C=O) groups is 1. The first kappa shape index (κ1) is 12.1. The monoisotopic (exact) mass is 249 g/mol. The number of carbonyl (C=O) groups excluding carboxylic acids is 1. The number of benzene rings is 1. The predicted octanol–water partition coefficient (Wildman–Crippen LogP) is 1.49. The number of rotatable bonds is 4. The van der Waals surface area contributed by atoms with Gasteiger partial charge in [0.05, 0.1) is 19.3 Å². The molecule has 0 atom stereocenters. The van der Waals surface area contributed by atoms with E-state index in [1.807, 2.05) is 0 Å². The molecule has 1 aromatic heterocycles. The number of aromatic nitrogens is 2. The van der Waals surface area contributed by atoms with Crippen molar-refractivity contribution in [2.75, 3.05) is 7.11 Å². The largest absolute Gasteiger partial charge is 0.496 e.